The largest absolute Gasteiger partial charge is 0.462 e. The molecule has 358 valence electrons. The minimum absolute atomic E-state index is 0.0711. The van der Waals surface area contributed by atoms with Crippen molar-refractivity contribution in [1.82, 2.24) is 0 Å². The van der Waals surface area contributed by atoms with Crippen LogP contribution in [-0.2, 0) is 28.6 Å². The van der Waals surface area contributed by atoms with Crippen LogP contribution in [0.3, 0.4) is 0 Å². The Hall–Kier alpha value is -2.89. The second-order valence-electron chi connectivity index (χ2n) is 17.4. The highest BCUT2D eigenvalue weighted by Gasteiger charge is 2.19. The van der Waals surface area contributed by atoms with Gasteiger partial charge in [0.1, 0.15) is 13.2 Å². The van der Waals surface area contributed by atoms with E-state index in [9.17, 15) is 14.4 Å². The van der Waals surface area contributed by atoms with Crippen LogP contribution in [0.15, 0.2) is 60.8 Å². The maximum atomic E-state index is 12.6. The summed E-state index contributed by atoms with van der Waals surface area (Å²) in [7, 11) is 0. The Bertz CT molecular complexity index is 1130. The van der Waals surface area contributed by atoms with Crippen LogP contribution >= 0.6 is 0 Å². The number of hydrogen-bond acceptors (Lipinski definition) is 6. The fraction of sp³-hybridized carbons (Fsp3) is 0.768. The summed E-state index contributed by atoms with van der Waals surface area (Å²) < 4.78 is 16.6. The first kappa shape index (κ1) is 59.1. The number of allylic oxidation sites excluding steroid dienone is 10. The van der Waals surface area contributed by atoms with Gasteiger partial charge in [0.2, 0.25) is 0 Å². The maximum Gasteiger partial charge on any atom is 0.306 e. The number of ether oxygens (including phenoxy) is 3. The van der Waals surface area contributed by atoms with Gasteiger partial charge in [-0.1, -0.05) is 236 Å². The van der Waals surface area contributed by atoms with Gasteiger partial charge in [-0.05, 0) is 64.2 Å². The molecule has 0 saturated carbocycles. The van der Waals surface area contributed by atoms with Crippen LogP contribution in [0.1, 0.15) is 258 Å². The first-order valence-corrected chi connectivity index (χ1v) is 26.3. The average Bonchev–Trinajstić information content (AvgIpc) is 3.27. The summed E-state index contributed by atoms with van der Waals surface area (Å²) in [6.45, 7) is 6.42. The molecule has 0 aliphatic rings. The van der Waals surface area contributed by atoms with Crippen molar-refractivity contribution < 1.29 is 28.6 Å². The van der Waals surface area contributed by atoms with E-state index in [4.69, 9.17) is 14.2 Å². The first-order valence-electron chi connectivity index (χ1n) is 26.3. The van der Waals surface area contributed by atoms with Crippen LogP contribution in [0, 0.1) is 0 Å². The van der Waals surface area contributed by atoms with Gasteiger partial charge in [-0.25, -0.2) is 0 Å². The van der Waals surface area contributed by atoms with E-state index < -0.39 is 6.10 Å². The van der Waals surface area contributed by atoms with Gasteiger partial charge in [-0.2, -0.15) is 0 Å². The lowest BCUT2D eigenvalue weighted by molar-refractivity contribution is -0.167. The zero-order valence-corrected chi connectivity index (χ0v) is 40.9. The van der Waals surface area contributed by atoms with E-state index in [1.807, 2.05) is 0 Å². The van der Waals surface area contributed by atoms with Gasteiger partial charge in [0.05, 0.1) is 0 Å². The summed E-state index contributed by atoms with van der Waals surface area (Å²) in [5.41, 5.74) is 0. The molecule has 0 fully saturated rings. The van der Waals surface area contributed by atoms with Crippen LogP contribution in [0.2, 0.25) is 0 Å². The molecule has 62 heavy (non-hydrogen) atoms. The molecule has 0 aliphatic carbocycles. The van der Waals surface area contributed by atoms with E-state index in [0.29, 0.717) is 19.3 Å². The number of carbonyl (C=O) groups excluding carboxylic acids is 3. The third-order valence-electron chi connectivity index (χ3n) is 11.3. The molecule has 1 atom stereocenters. The van der Waals surface area contributed by atoms with Gasteiger partial charge >= 0.3 is 17.9 Å². The standard InChI is InChI=1S/C56H98O6/c1-4-7-10-13-16-17-18-19-20-21-22-23-24-25-26-27-28-29-30-31-32-33-34-35-36-37-38-39-41-43-46-49-55(58)61-52-53(51-60-54(57)48-45-42-15-12-9-6-3)62-56(59)50-47-44-40-14-11-8-5-2/h7,10,16-17,19-20,22-23,25-26,53H,4-6,8-9,11-15,18,21,24,27-52H2,1-3H3/b10-7-,17-16-,20-19-,23-22-,26-25-. The summed E-state index contributed by atoms with van der Waals surface area (Å²) in [6.07, 6.45) is 62.7. The van der Waals surface area contributed by atoms with Gasteiger partial charge in [0.25, 0.3) is 0 Å². The Kier molecular flexibility index (Phi) is 48.4. The van der Waals surface area contributed by atoms with E-state index in [0.717, 1.165) is 89.9 Å². The zero-order chi connectivity index (χ0) is 45.1. The van der Waals surface area contributed by atoms with Crippen LogP contribution in [0.5, 0.6) is 0 Å². The highest BCUT2D eigenvalue weighted by atomic mass is 16.6. The summed E-state index contributed by atoms with van der Waals surface area (Å²) in [5.74, 6) is -0.884. The van der Waals surface area contributed by atoms with Crippen molar-refractivity contribution in [3.8, 4) is 0 Å². The Labute approximate surface area is 383 Å². The highest BCUT2D eigenvalue weighted by molar-refractivity contribution is 5.71. The number of rotatable bonds is 47. The third-order valence-corrected chi connectivity index (χ3v) is 11.3. The van der Waals surface area contributed by atoms with Crippen LogP contribution in [0.25, 0.3) is 0 Å². The highest BCUT2D eigenvalue weighted by Crippen LogP contribution is 2.16. The van der Waals surface area contributed by atoms with Crippen LogP contribution in [-0.4, -0.2) is 37.2 Å². The van der Waals surface area contributed by atoms with Gasteiger partial charge in [-0.15, -0.1) is 0 Å². The Morgan fingerprint density at radius 2 is 0.629 bits per heavy atom. The Balaban J connectivity index is 3.88. The van der Waals surface area contributed by atoms with E-state index in [1.165, 1.54) is 128 Å². The quantitative estimate of drug-likeness (QED) is 0.0262. The Morgan fingerprint density at radius 3 is 0.984 bits per heavy atom. The molecule has 0 aromatic rings. The molecule has 0 aromatic carbocycles. The smallest absolute Gasteiger partial charge is 0.306 e. The van der Waals surface area contributed by atoms with Crippen molar-refractivity contribution in [2.24, 2.45) is 0 Å². The summed E-state index contributed by atoms with van der Waals surface area (Å²) in [5, 5.41) is 0. The SMILES string of the molecule is CC/C=C\C/C=C\C/C=C\C/C=C\C/C=C\CCCCCCCCCCCCCCCCCC(=O)OCC(COC(=O)CCCCCCCC)OC(=O)CCCCCCCCC. The molecule has 6 heteroatoms. The summed E-state index contributed by atoms with van der Waals surface area (Å²) in [4.78, 5) is 37.5. The lowest BCUT2D eigenvalue weighted by atomic mass is 10.0. The normalized spacial score (nSPS) is 12.5. The van der Waals surface area contributed by atoms with E-state index in [2.05, 4.69) is 81.5 Å². The molecule has 6 nitrogen and oxygen atoms in total. The molecule has 0 spiro atoms. The van der Waals surface area contributed by atoms with Crippen molar-refractivity contribution in [2.75, 3.05) is 13.2 Å². The third kappa shape index (κ3) is 48.1. The molecule has 0 aromatic heterocycles. The lowest BCUT2D eigenvalue weighted by Gasteiger charge is -2.18. The van der Waals surface area contributed by atoms with E-state index in [-0.39, 0.29) is 31.1 Å². The molecule has 0 amide bonds. The fourth-order valence-electron chi connectivity index (χ4n) is 7.35. The molecule has 0 radical (unpaired) electrons. The van der Waals surface area contributed by atoms with Crippen molar-refractivity contribution in [1.29, 1.82) is 0 Å². The molecule has 0 N–H and O–H groups in total. The monoisotopic (exact) mass is 867 g/mol. The Morgan fingerprint density at radius 1 is 0.339 bits per heavy atom. The molecular weight excluding hydrogens is 769 g/mol. The molecule has 0 rings (SSSR count). The second kappa shape index (κ2) is 50.8. The lowest BCUT2D eigenvalue weighted by Crippen LogP contribution is -2.30. The summed E-state index contributed by atoms with van der Waals surface area (Å²) in [6, 6.07) is 0. The topological polar surface area (TPSA) is 78.9 Å². The number of esters is 3. The van der Waals surface area contributed by atoms with Gasteiger partial charge in [-0.3, -0.25) is 14.4 Å². The molecule has 0 aliphatic heterocycles. The van der Waals surface area contributed by atoms with Crippen molar-refractivity contribution in [2.45, 2.75) is 264 Å². The molecule has 1 unspecified atom stereocenters. The van der Waals surface area contributed by atoms with Crippen molar-refractivity contribution in [3.05, 3.63) is 60.8 Å². The van der Waals surface area contributed by atoms with E-state index in [1.54, 1.807) is 0 Å². The minimum Gasteiger partial charge on any atom is -0.462 e. The average molecular weight is 867 g/mol. The number of unbranched alkanes of at least 4 members (excludes halogenated alkanes) is 26. The molecule has 0 heterocycles. The number of hydrogen-bond donors (Lipinski definition) is 0. The number of carbonyl (C=O) groups is 3. The zero-order valence-electron chi connectivity index (χ0n) is 40.9. The fourth-order valence-corrected chi connectivity index (χ4v) is 7.35. The molecule has 0 bridgehead atoms. The maximum absolute atomic E-state index is 12.6. The molecular formula is C56H98O6. The van der Waals surface area contributed by atoms with Crippen molar-refractivity contribution in [3.63, 3.8) is 0 Å². The summed E-state index contributed by atoms with van der Waals surface area (Å²) >= 11 is 0. The van der Waals surface area contributed by atoms with Gasteiger partial charge in [0.15, 0.2) is 6.10 Å². The second-order valence-corrected chi connectivity index (χ2v) is 17.4. The van der Waals surface area contributed by atoms with Gasteiger partial charge < -0.3 is 14.2 Å². The van der Waals surface area contributed by atoms with Crippen LogP contribution < -0.4 is 0 Å². The predicted molar refractivity (Wildman–Crippen MR) is 265 cm³/mol. The van der Waals surface area contributed by atoms with Crippen molar-refractivity contribution >= 4 is 17.9 Å². The van der Waals surface area contributed by atoms with Gasteiger partial charge in [0, 0.05) is 19.3 Å². The first-order chi connectivity index (χ1) is 30.5. The minimum atomic E-state index is -0.763. The predicted octanol–water partition coefficient (Wildman–Crippen LogP) is 17.3. The van der Waals surface area contributed by atoms with Crippen LogP contribution in [0.4, 0.5) is 0 Å². The van der Waals surface area contributed by atoms with E-state index >= 15 is 0 Å². The molecule has 0 saturated heterocycles.